The second-order valence-electron chi connectivity index (χ2n) is 6.97. The van der Waals surface area contributed by atoms with Crippen LogP contribution in [0, 0.1) is 0 Å². The number of benzene rings is 3. The van der Waals surface area contributed by atoms with Gasteiger partial charge in [0.05, 0.1) is 17.9 Å². The number of nitrogens with zero attached hydrogens (tertiary/aromatic N) is 3. The lowest BCUT2D eigenvalue weighted by Gasteiger charge is -2.22. The molecule has 1 heterocycles. The van der Waals surface area contributed by atoms with Crippen molar-refractivity contribution < 1.29 is 9.90 Å². The van der Waals surface area contributed by atoms with Crippen LogP contribution >= 0.6 is 0 Å². The molecule has 1 amide bonds. The smallest absolute Gasteiger partial charge is 0.258 e. The number of carbonyl (C=O) groups is 1. The molecular formula is C25H23N3O2. The number of aliphatic hydroxyl groups is 1. The molecule has 1 N–H and O–H groups in total. The lowest BCUT2D eigenvalue weighted by molar-refractivity contribution is 0.0708. The van der Waals surface area contributed by atoms with E-state index in [9.17, 15) is 9.90 Å². The summed E-state index contributed by atoms with van der Waals surface area (Å²) in [6.45, 7) is 0.565. The Morgan fingerprint density at radius 1 is 0.867 bits per heavy atom. The second kappa shape index (κ2) is 9.20. The van der Waals surface area contributed by atoms with Gasteiger partial charge >= 0.3 is 0 Å². The summed E-state index contributed by atoms with van der Waals surface area (Å²) in [7, 11) is 0. The van der Waals surface area contributed by atoms with Crippen molar-refractivity contribution in [2.24, 2.45) is 0 Å². The molecule has 5 heteroatoms. The molecular weight excluding hydrogens is 374 g/mol. The minimum Gasteiger partial charge on any atom is -0.395 e. The molecule has 4 aromatic rings. The summed E-state index contributed by atoms with van der Waals surface area (Å²) >= 11 is 0. The highest BCUT2D eigenvalue weighted by Gasteiger charge is 2.23. The van der Waals surface area contributed by atoms with Crippen molar-refractivity contribution in [3.05, 3.63) is 108 Å². The third-order valence-electron chi connectivity index (χ3n) is 4.89. The Bertz CT molecular complexity index is 1090. The maximum absolute atomic E-state index is 13.5. The highest BCUT2D eigenvalue weighted by atomic mass is 16.3. The van der Waals surface area contributed by atoms with Crippen molar-refractivity contribution in [2.75, 3.05) is 13.2 Å². The lowest BCUT2D eigenvalue weighted by atomic mass is 10.1. The molecule has 0 saturated carbocycles. The molecule has 0 aliphatic carbocycles. The number of aliphatic hydroxyl groups excluding tert-OH is 1. The van der Waals surface area contributed by atoms with Crippen LogP contribution in [-0.2, 0) is 6.54 Å². The Kier molecular flexibility index (Phi) is 6.01. The highest BCUT2D eigenvalue weighted by Crippen LogP contribution is 2.25. The van der Waals surface area contributed by atoms with Crippen LogP contribution in [0.5, 0.6) is 0 Å². The first-order chi connectivity index (χ1) is 14.8. The predicted octanol–water partition coefficient (Wildman–Crippen LogP) is 4.17. The Balaban J connectivity index is 1.75. The van der Waals surface area contributed by atoms with Gasteiger partial charge in [0.15, 0.2) is 0 Å². The zero-order valence-electron chi connectivity index (χ0n) is 16.6. The summed E-state index contributed by atoms with van der Waals surface area (Å²) in [5.74, 6) is -0.158. The summed E-state index contributed by atoms with van der Waals surface area (Å²) in [4.78, 5) is 15.2. The zero-order valence-corrected chi connectivity index (χ0v) is 16.6. The van der Waals surface area contributed by atoms with Gasteiger partial charge in [-0.05, 0) is 17.7 Å². The van der Waals surface area contributed by atoms with Crippen LogP contribution in [0.1, 0.15) is 15.9 Å². The molecule has 0 radical (unpaired) electrons. The van der Waals surface area contributed by atoms with Gasteiger partial charge in [-0.25, -0.2) is 4.68 Å². The van der Waals surface area contributed by atoms with Crippen LogP contribution in [0.4, 0.5) is 0 Å². The number of rotatable bonds is 7. The van der Waals surface area contributed by atoms with Gasteiger partial charge < -0.3 is 10.0 Å². The van der Waals surface area contributed by atoms with Crippen LogP contribution in [0.3, 0.4) is 0 Å². The number of hydrogen-bond donors (Lipinski definition) is 1. The fourth-order valence-electron chi connectivity index (χ4n) is 3.40. The van der Waals surface area contributed by atoms with Crippen LogP contribution in [-0.4, -0.2) is 38.8 Å². The van der Waals surface area contributed by atoms with Crippen molar-refractivity contribution in [2.45, 2.75) is 6.54 Å². The minimum absolute atomic E-state index is 0.105. The summed E-state index contributed by atoms with van der Waals surface area (Å²) < 4.78 is 1.73. The van der Waals surface area contributed by atoms with Crippen molar-refractivity contribution in [3.63, 3.8) is 0 Å². The maximum Gasteiger partial charge on any atom is 0.258 e. The van der Waals surface area contributed by atoms with Gasteiger partial charge in [0.1, 0.15) is 5.69 Å². The van der Waals surface area contributed by atoms with Gasteiger partial charge in [0, 0.05) is 24.8 Å². The fourth-order valence-corrected chi connectivity index (χ4v) is 3.40. The first kappa shape index (κ1) is 19.6. The van der Waals surface area contributed by atoms with E-state index in [0.29, 0.717) is 17.8 Å². The van der Waals surface area contributed by atoms with Crippen molar-refractivity contribution in [1.29, 1.82) is 0 Å². The van der Waals surface area contributed by atoms with E-state index in [2.05, 4.69) is 0 Å². The van der Waals surface area contributed by atoms with Gasteiger partial charge in [0.25, 0.3) is 5.91 Å². The quantitative estimate of drug-likeness (QED) is 0.509. The highest BCUT2D eigenvalue weighted by molar-refractivity contribution is 6.00. The molecule has 0 fully saturated rings. The molecule has 4 rings (SSSR count). The zero-order chi connectivity index (χ0) is 20.8. The van der Waals surface area contributed by atoms with Crippen molar-refractivity contribution in [1.82, 2.24) is 14.7 Å². The largest absolute Gasteiger partial charge is 0.395 e. The molecule has 0 aliphatic heterocycles. The molecule has 0 bridgehead atoms. The van der Waals surface area contributed by atoms with Gasteiger partial charge in [-0.15, -0.1) is 0 Å². The van der Waals surface area contributed by atoms with E-state index in [4.69, 9.17) is 5.10 Å². The van der Waals surface area contributed by atoms with E-state index in [1.807, 2.05) is 91.0 Å². The summed E-state index contributed by atoms with van der Waals surface area (Å²) in [6.07, 6.45) is 1.77. The monoisotopic (exact) mass is 397 g/mol. The minimum atomic E-state index is -0.158. The molecule has 0 unspecified atom stereocenters. The van der Waals surface area contributed by atoms with E-state index in [1.165, 1.54) is 0 Å². The van der Waals surface area contributed by atoms with E-state index >= 15 is 0 Å². The van der Waals surface area contributed by atoms with E-state index in [1.54, 1.807) is 15.8 Å². The standard InChI is InChI=1S/C25H23N3O2/c29-17-16-27(18-20-10-4-1-5-11-20)25(30)23-19-28(22-14-8-3-9-15-22)26-24(23)21-12-6-2-7-13-21/h1-15,19,29H,16-18H2. The first-order valence-electron chi connectivity index (χ1n) is 9.91. The molecule has 30 heavy (non-hydrogen) atoms. The third kappa shape index (κ3) is 4.31. The van der Waals surface area contributed by atoms with Crippen LogP contribution < -0.4 is 0 Å². The van der Waals surface area contributed by atoms with Gasteiger partial charge in [-0.1, -0.05) is 78.9 Å². The number of amides is 1. The molecule has 5 nitrogen and oxygen atoms in total. The molecule has 0 saturated heterocycles. The Hall–Kier alpha value is -3.70. The van der Waals surface area contributed by atoms with E-state index in [-0.39, 0.29) is 19.1 Å². The Morgan fingerprint density at radius 2 is 1.47 bits per heavy atom. The number of carbonyl (C=O) groups excluding carboxylic acids is 1. The summed E-state index contributed by atoms with van der Waals surface area (Å²) in [6, 6.07) is 29.2. The topological polar surface area (TPSA) is 58.4 Å². The van der Waals surface area contributed by atoms with Gasteiger partial charge in [0.2, 0.25) is 0 Å². The lowest BCUT2D eigenvalue weighted by Crippen LogP contribution is -2.33. The van der Waals surface area contributed by atoms with Gasteiger partial charge in [-0.2, -0.15) is 5.10 Å². The molecule has 150 valence electrons. The number of aromatic nitrogens is 2. The average Bonchev–Trinajstić information content (AvgIpc) is 3.26. The molecule has 0 aliphatic rings. The predicted molar refractivity (Wildman–Crippen MR) is 117 cm³/mol. The van der Waals surface area contributed by atoms with Crippen LogP contribution in [0.2, 0.25) is 0 Å². The summed E-state index contributed by atoms with van der Waals surface area (Å²) in [5, 5.41) is 14.3. The maximum atomic E-state index is 13.5. The number of para-hydroxylation sites is 1. The molecule has 1 aromatic heterocycles. The van der Waals surface area contributed by atoms with Crippen LogP contribution in [0.25, 0.3) is 16.9 Å². The Labute approximate surface area is 175 Å². The Morgan fingerprint density at radius 3 is 2.10 bits per heavy atom. The average molecular weight is 397 g/mol. The molecule has 0 spiro atoms. The van der Waals surface area contributed by atoms with Crippen molar-refractivity contribution >= 4 is 5.91 Å². The van der Waals surface area contributed by atoms with E-state index < -0.39 is 0 Å². The normalized spacial score (nSPS) is 10.7. The van der Waals surface area contributed by atoms with Gasteiger partial charge in [-0.3, -0.25) is 4.79 Å². The summed E-state index contributed by atoms with van der Waals surface area (Å²) in [5.41, 5.74) is 3.90. The second-order valence-corrected chi connectivity index (χ2v) is 6.97. The van der Waals surface area contributed by atoms with Crippen molar-refractivity contribution in [3.8, 4) is 16.9 Å². The SMILES string of the molecule is O=C(c1cn(-c2ccccc2)nc1-c1ccccc1)N(CCO)Cc1ccccc1. The first-order valence-corrected chi connectivity index (χ1v) is 9.91. The molecule has 0 atom stereocenters. The van der Waals surface area contributed by atoms with Crippen LogP contribution in [0.15, 0.2) is 97.2 Å². The fraction of sp³-hybridized carbons (Fsp3) is 0.120. The molecule has 3 aromatic carbocycles. The number of hydrogen-bond acceptors (Lipinski definition) is 3. The van der Waals surface area contributed by atoms with E-state index in [0.717, 1.165) is 16.8 Å². The third-order valence-corrected chi connectivity index (χ3v) is 4.89.